The largest absolute Gasteiger partial charge is 0.366 e. The van der Waals surface area contributed by atoms with E-state index in [2.05, 4.69) is 46.4 Å². The SMILES string of the molecule is CCCCCNC(=O)c1ccc(N2CCc3ccccc3C2)cn1. The molecule has 1 aliphatic heterocycles. The normalized spacial score (nSPS) is 13.5. The molecular weight excluding hydrogens is 298 g/mol. The fourth-order valence-corrected chi connectivity index (χ4v) is 3.09. The van der Waals surface area contributed by atoms with Crippen LogP contribution >= 0.6 is 0 Å². The minimum absolute atomic E-state index is 0.0818. The third-order valence-corrected chi connectivity index (χ3v) is 4.54. The zero-order valence-corrected chi connectivity index (χ0v) is 14.3. The summed E-state index contributed by atoms with van der Waals surface area (Å²) in [4.78, 5) is 18.7. The summed E-state index contributed by atoms with van der Waals surface area (Å²) in [5.41, 5.74) is 4.38. The number of rotatable bonds is 6. The van der Waals surface area contributed by atoms with Gasteiger partial charge in [0.05, 0.1) is 11.9 Å². The van der Waals surface area contributed by atoms with Gasteiger partial charge in [0.2, 0.25) is 0 Å². The Kier molecular flexibility index (Phi) is 5.47. The third kappa shape index (κ3) is 3.94. The number of benzene rings is 1. The molecule has 0 radical (unpaired) electrons. The first-order chi connectivity index (χ1) is 11.8. The molecule has 0 atom stereocenters. The number of nitrogens with zero attached hydrogens (tertiary/aromatic N) is 2. The second-order valence-corrected chi connectivity index (χ2v) is 6.30. The van der Waals surface area contributed by atoms with E-state index in [9.17, 15) is 4.79 Å². The van der Waals surface area contributed by atoms with Gasteiger partial charge >= 0.3 is 0 Å². The first kappa shape index (κ1) is 16.5. The summed E-state index contributed by atoms with van der Waals surface area (Å²) in [6, 6.07) is 12.4. The Morgan fingerprint density at radius 3 is 2.75 bits per heavy atom. The highest BCUT2D eigenvalue weighted by Gasteiger charge is 2.16. The van der Waals surface area contributed by atoms with Crippen molar-refractivity contribution in [2.24, 2.45) is 0 Å². The minimum atomic E-state index is -0.0818. The van der Waals surface area contributed by atoms with E-state index in [0.29, 0.717) is 5.69 Å². The topological polar surface area (TPSA) is 45.2 Å². The molecule has 0 unspecified atom stereocenters. The predicted molar refractivity (Wildman–Crippen MR) is 97.3 cm³/mol. The van der Waals surface area contributed by atoms with Crippen molar-refractivity contribution in [1.82, 2.24) is 10.3 Å². The van der Waals surface area contributed by atoms with Crippen LogP contribution in [0, 0.1) is 0 Å². The molecule has 4 nitrogen and oxygen atoms in total. The van der Waals surface area contributed by atoms with Crippen LogP contribution in [0.4, 0.5) is 5.69 Å². The number of unbranched alkanes of at least 4 members (excludes halogenated alkanes) is 2. The van der Waals surface area contributed by atoms with Gasteiger partial charge in [-0.3, -0.25) is 4.79 Å². The molecular formula is C20H25N3O. The molecule has 0 saturated carbocycles. The monoisotopic (exact) mass is 323 g/mol. The molecule has 0 aliphatic carbocycles. The second kappa shape index (κ2) is 7.95. The molecule has 3 rings (SSSR count). The highest BCUT2D eigenvalue weighted by molar-refractivity contribution is 5.92. The second-order valence-electron chi connectivity index (χ2n) is 6.30. The maximum absolute atomic E-state index is 12.1. The lowest BCUT2D eigenvalue weighted by Gasteiger charge is -2.30. The Morgan fingerprint density at radius 2 is 2.00 bits per heavy atom. The van der Waals surface area contributed by atoms with Crippen LogP contribution < -0.4 is 10.2 Å². The van der Waals surface area contributed by atoms with E-state index in [1.807, 2.05) is 18.3 Å². The fraction of sp³-hybridized carbons (Fsp3) is 0.400. The van der Waals surface area contributed by atoms with Gasteiger partial charge in [-0.15, -0.1) is 0 Å². The summed E-state index contributed by atoms with van der Waals surface area (Å²) in [5, 5.41) is 2.93. The van der Waals surface area contributed by atoms with Crippen molar-refractivity contribution in [3.8, 4) is 0 Å². The minimum Gasteiger partial charge on any atom is -0.366 e. The van der Waals surface area contributed by atoms with Crippen LogP contribution in [0.15, 0.2) is 42.6 Å². The molecule has 1 N–H and O–H groups in total. The molecule has 1 aliphatic rings. The molecule has 1 aromatic carbocycles. The Balaban J connectivity index is 1.60. The number of anilines is 1. The average molecular weight is 323 g/mol. The number of carbonyl (C=O) groups excluding carboxylic acids is 1. The molecule has 4 heteroatoms. The lowest BCUT2D eigenvalue weighted by Crippen LogP contribution is -2.30. The van der Waals surface area contributed by atoms with Crippen molar-refractivity contribution in [2.75, 3.05) is 18.0 Å². The van der Waals surface area contributed by atoms with E-state index in [1.165, 1.54) is 11.1 Å². The molecule has 0 bridgehead atoms. The first-order valence-electron chi connectivity index (χ1n) is 8.84. The van der Waals surface area contributed by atoms with Crippen LogP contribution in [0.1, 0.15) is 47.8 Å². The van der Waals surface area contributed by atoms with E-state index in [4.69, 9.17) is 0 Å². The Bertz CT molecular complexity index is 682. The van der Waals surface area contributed by atoms with E-state index >= 15 is 0 Å². The average Bonchev–Trinajstić information content (AvgIpc) is 2.65. The van der Waals surface area contributed by atoms with Gasteiger partial charge < -0.3 is 10.2 Å². The zero-order valence-electron chi connectivity index (χ0n) is 14.3. The lowest BCUT2D eigenvalue weighted by atomic mass is 10.00. The Hall–Kier alpha value is -2.36. The van der Waals surface area contributed by atoms with Crippen LogP contribution in [0.25, 0.3) is 0 Å². The van der Waals surface area contributed by atoms with E-state index in [-0.39, 0.29) is 5.91 Å². The molecule has 2 aromatic rings. The van der Waals surface area contributed by atoms with Crippen molar-refractivity contribution in [2.45, 2.75) is 39.2 Å². The van der Waals surface area contributed by atoms with Crippen LogP contribution in [-0.2, 0) is 13.0 Å². The van der Waals surface area contributed by atoms with E-state index in [1.54, 1.807) is 0 Å². The molecule has 1 amide bonds. The third-order valence-electron chi connectivity index (χ3n) is 4.54. The number of nitrogens with one attached hydrogen (secondary N) is 1. The number of pyridine rings is 1. The van der Waals surface area contributed by atoms with Gasteiger partial charge in [-0.1, -0.05) is 44.0 Å². The van der Waals surface area contributed by atoms with E-state index in [0.717, 1.165) is 51.0 Å². The molecule has 0 spiro atoms. The Morgan fingerprint density at radius 1 is 1.17 bits per heavy atom. The molecule has 2 heterocycles. The van der Waals surface area contributed by atoms with Crippen molar-refractivity contribution in [3.63, 3.8) is 0 Å². The van der Waals surface area contributed by atoms with Crippen LogP contribution in [0.2, 0.25) is 0 Å². The molecule has 126 valence electrons. The van der Waals surface area contributed by atoms with Crippen molar-refractivity contribution >= 4 is 11.6 Å². The van der Waals surface area contributed by atoms with E-state index < -0.39 is 0 Å². The summed E-state index contributed by atoms with van der Waals surface area (Å²) >= 11 is 0. The van der Waals surface area contributed by atoms with Gasteiger partial charge in [-0.25, -0.2) is 4.98 Å². The highest BCUT2D eigenvalue weighted by atomic mass is 16.1. The van der Waals surface area contributed by atoms with Gasteiger partial charge in [0.1, 0.15) is 5.69 Å². The number of hydrogen-bond donors (Lipinski definition) is 1. The molecule has 24 heavy (non-hydrogen) atoms. The molecule has 1 aromatic heterocycles. The molecule has 0 fully saturated rings. The maximum atomic E-state index is 12.1. The van der Waals surface area contributed by atoms with Gasteiger partial charge in [-0.2, -0.15) is 0 Å². The van der Waals surface area contributed by atoms with Crippen molar-refractivity contribution < 1.29 is 4.79 Å². The smallest absolute Gasteiger partial charge is 0.269 e. The van der Waals surface area contributed by atoms with Gasteiger partial charge in [0.15, 0.2) is 0 Å². The summed E-state index contributed by atoms with van der Waals surface area (Å²) in [6.07, 6.45) is 6.18. The number of carbonyl (C=O) groups is 1. The van der Waals surface area contributed by atoms with Crippen LogP contribution in [0.5, 0.6) is 0 Å². The van der Waals surface area contributed by atoms with Gasteiger partial charge in [0.25, 0.3) is 5.91 Å². The van der Waals surface area contributed by atoms with Crippen molar-refractivity contribution in [1.29, 1.82) is 0 Å². The van der Waals surface area contributed by atoms with Gasteiger partial charge in [-0.05, 0) is 36.1 Å². The molecule has 0 saturated heterocycles. The summed E-state index contributed by atoms with van der Waals surface area (Å²) in [6.45, 7) is 4.77. The number of fused-ring (bicyclic) bond motifs is 1. The standard InChI is InChI=1S/C20H25N3O/c1-2-3-6-12-21-20(24)19-10-9-18(14-22-19)23-13-11-16-7-4-5-8-17(16)15-23/h4-5,7-10,14H,2-3,6,11-13,15H2,1H3,(H,21,24). The number of hydrogen-bond acceptors (Lipinski definition) is 3. The summed E-state index contributed by atoms with van der Waals surface area (Å²) < 4.78 is 0. The number of amides is 1. The summed E-state index contributed by atoms with van der Waals surface area (Å²) in [5.74, 6) is -0.0818. The Labute approximate surface area is 143 Å². The highest BCUT2D eigenvalue weighted by Crippen LogP contribution is 2.23. The van der Waals surface area contributed by atoms with Crippen molar-refractivity contribution in [3.05, 3.63) is 59.4 Å². The quantitative estimate of drug-likeness (QED) is 0.827. The van der Waals surface area contributed by atoms with Gasteiger partial charge in [0, 0.05) is 19.6 Å². The summed E-state index contributed by atoms with van der Waals surface area (Å²) in [7, 11) is 0. The maximum Gasteiger partial charge on any atom is 0.269 e. The fourth-order valence-electron chi connectivity index (χ4n) is 3.09. The number of aromatic nitrogens is 1. The van der Waals surface area contributed by atoms with Crippen LogP contribution in [0.3, 0.4) is 0 Å². The first-order valence-corrected chi connectivity index (χ1v) is 8.84. The van der Waals surface area contributed by atoms with Crippen LogP contribution in [-0.4, -0.2) is 24.0 Å². The lowest BCUT2D eigenvalue weighted by molar-refractivity contribution is 0.0948. The predicted octanol–water partition coefficient (Wildman–Crippen LogP) is 3.56. The zero-order chi connectivity index (χ0) is 16.8.